The Labute approximate surface area is 109 Å². The maximum Gasteiger partial charge on any atom is 0.146 e. The van der Waals surface area contributed by atoms with Crippen LogP contribution >= 0.6 is 0 Å². The molecule has 0 heterocycles. The van der Waals surface area contributed by atoms with Crippen LogP contribution in [0.3, 0.4) is 0 Å². The van der Waals surface area contributed by atoms with Gasteiger partial charge in [0.1, 0.15) is 5.82 Å². The molecule has 1 rings (SSSR count). The van der Waals surface area contributed by atoms with Crippen molar-refractivity contribution in [1.29, 1.82) is 0 Å². The Bertz CT molecular complexity index is 373. The molecule has 0 aliphatic heterocycles. The van der Waals surface area contributed by atoms with Crippen molar-refractivity contribution in [2.75, 3.05) is 31.6 Å². The van der Waals surface area contributed by atoms with Gasteiger partial charge in [-0.15, -0.1) is 0 Å². The molecule has 0 saturated carbocycles. The first-order valence-electron chi connectivity index (χ1n) is 6.34. The van der Waals surface area contributed by atoms with E-state index in [1.54, 1.807) is 12.1 Å². The van der Waals surface area contributed by atoms with Gasteiger partial charge in [0.2, 0.25) is 0 Å². The smallest absolute Gasteiger partial charge is 0.146 e. The van der Waals surface area contributed by atoms with E-state index in [1.165, 1.54) is 6.07 Å². The maximum atomic E-state index is 13.6. The summed E-state index contributed by atoms with van der Waals surface area (Å²) in [5.41, 5.74) is 0.281. The minimum absolute atomic E-state index is 0.0753. The number of anilines is 1. The predicted octanol–water partition coefficient (Wildman–Crippen LogP) is 2.01. The number of rotatable bonds is 7. The number of aliphatic hydroxyl groups excluding tert-OH is 1. The normalized spacial score (nSPS) is 14.3. The third-order valence-corrected chi connectivity index (χ3v) is 3.22. The van der Waals surface area contributed by atoms with E-state index in [4.69, 9.17) is 0 Å². The second-order valence-corrected chi connectivity index (χ2v) is 4.87. The topological polar surface area (TPSA) is 35.5 Å². The van der Waals surface area contributed by atoms with E-state index >= 15 is 0 Å². The molecule has 3 nitrogen and oxygen atoms in total. The van der Waals surface area contributed by atoms with Gasteiger partial charge in [0, 0.05) is 19.1 Å². The first-order valence-corrected chi connectivity index (χ1v) is 6.34. The molecular weight excluding hydrogens is 231 g/mol. The Morgan fingerprint density at radius 3 is 2.61 bits per heavy atom. The van der Waals surface area contributed by atoms with Gasteiger partial charge in [-0.25, -0.2) is 4.39 Å². The number of halogens is 1. The highest BCUT2D eigenvalue weighted by molar-refractivity contribution is 5.46. The fraction of sp³-hybridized carbons (Fsp3) is 0.571. The summed E-state index contributed by atoms with van der Waals surface area (Å²) in [6, 6.07) is 6.73. The molecule has 0 bridgehead atoms. The van der Waals surface area contributed by atoms with Gasteiger partial charge in [0.25, 0.3) is 0 Å². The van der Waals surface area contributed by atoms with Crippen molar-refractivity contribution >= 4 is 5.69 Å². The van der Waals surface area contributed by atoms with Crippen LogP contribution in [0.1, 0.15) is 20.3 Å². The molecule has 2 N–H and O–H groups in total. The largest absolute Gasteiger partial charge is 0.394 e. The zero-order valence-electron chi connectivity index (χ0n) is 11.4. The molecule has 1 aromatic carbocycles. The van der Waals surface area contributed by atoms with E-state index in [1.807, 2.05) is 31.9 Å². The van der Waals surface area contributed by atoms with Crippen molar-refractivity contribution in [3.8, 4) is 0 Å². The summed E-state index contributed by atoms with van der Waals surface area (Å²) in [4.78, 5) is 1.88. The van der Waals surface area contributed by atoms with E-state index in [-0.39, 0.29) is 18.0 Å². The predicted molar refractivity (Wildman–Crippen MR) is 73.5 cm³/mol. The lowest BCUT2D eigenvalue weighted by molar-refractivity contribution is 0.169. The average molecular weight is 254 g/mol. The molecule has 0 amide bonds. The van der Waals surface area contributed by atoms with Gasteiger partial charge in [-0.3, -0.25) is 0 Å². The summed E-state index contributed by atoms with van der Waals surface area (Å²) in [6.07, 6.45) is 0.752. The van der Waals surface area contributed by atoms with Gasteiger partial charge in [-0.1, -0.05) is 19.1 Å². The Morgan fingerprint density at radius 2 is 2.06 bits per heavy atom. The molecule has 0 fully saturated rings. The average Bonchev–Trinajstić information content (AvgIpc) is 2.37. The Kier molecular flexibility index (Phi) is 5.56. The second-order valence-electron chi connectivity index (χ2n) is 4.87. The lowest BCUT2D eigenvalue weighted by Crippen LogP contribution is -2.47. The van der Waals surface area contributed by atoms with Crippen LogP contribution in [-0.4, -0.2) is 37.4 Å². The van der Waals surface area contributed by atoms with Crippen molar-refractivity contribution in [2.24, 2.45) is 0 Å². The molecule has 4 heteroatoms. The zero-order chi connectivity index (χ0) is 13.6. The molecular formula is C14H23FN2O. The van der Waals surface area contributed by atoms with E-state index in [9.17, 15) is 9.50 Å². The zero-order valence-corrected chi connectivity index (χ0v) is 11.4. The molecule has 0 radical (unpaired) electrons. The summed E-state index contributed by atoms with van der Waals surface area (Å²) in [6.45, 7) is 5.55. The van der Waals surface area contributed by atoms with Crippen molar-refractivity contribution in [2.45, 2.75) is 25.8 Å². The van der Waals surface area contributed by atoms with Gasteiger partial charge in [0.15, 0.2) is 0 Å². The quantitative estimate of drug-likeness (QED) is 0.781. The van der Waals surface area contributed by atoms with Crippen LogP contribution in [0.15, 0.2) is 24.3 Å². The highest BCUT2D eigenvalue weighted by Crippen LogP contribution is 2.19. The third-order valence-electron chi connectivity index (χ3n) is 3.22. The van der Waals surface area contributed by atoms with Crippen molar-refractivity contribution < 1.29 is 9.50 Å². The molecule has 0 aliphatic rings. The van der Waals surface area contributed by atoms with E-state index in [0.29, 0.717) is 12.2 Å². The number of likely N-dealkylation sites (N-methyl/N-ethyl adjacent to an activating group) is 1. The lowest BCUT2D eigenvalue weighted by Gasteiger charge is -2.31. The molecule has 1 atom stereocenters. The van der Waals surface area contributed by atoms with Gasteiger partial charge < -0.3 is 15.3 Å². The van der Waals surface area contributed by atoms with Crippen molar-refractivity contribution in [3.63, 3.8) is 0 Å². The maximum absolute atomic E-state index is 13.6. The molecule has 0 spiro atoms. The molecule has 0 aromatic heterocycles. The third kappa shape index (κ3) is 3.96. The second kappa shape index (κ2) is 6.71. The monoisotopic (exact) mass is 254 g/mol. The molecule has 102 valence electrons. The Morgan fingerprint density at radius 1 is 1.39 bits per heavy atom. The van der Waals surface area contributed by atoms with Gasteiger partial charge in [-0.2, -0.15) is 0 Å². The van der Waals surface area contributed by atoms with Crippen LogP contribution in [0.2, 0.25) is 0 Å². The summed E-state index contributed by atoms with van der Waals surface area (Å²) in [5.74, 6) is -0.214. The standard InChI is InChI=1S/C14H23FN2O/c1-4-16-14(2,11-18)9-10-17(3)13-8-6-5-7-12(13)15/h5-8,16,18H,4,9-11H2,1-3H3. The molecule has 1 aromatic rings. The lowest BCUT2D eigenvalue weighted by atomic mass is 9.98. The summed E-state index contributed by atoms with van der Waals surface area (Å²) in [5, 5.41) is 12.7. The van der Waals surface area contributed by atoms with Gasteiger partial charge in [-0.05, 0) is 32.0 Å². The fourth-order valence-electron chi connectivity index (χ4n) is 1.95. The number of hydrogen-bond donors (Lipinski definition) is 2. The first kappa shape index (κ1) is 14.9. The Hall–Kier alpha value is -1.13. The number of hydrogen-bond acceptors (Lipinski definition) is 3. The number of para-hydroxylation sites is 1. The number of benzene rings is 1. The fourth-order valence-corrected chi connectivity index (χ4v) is 1.95. The Balaban J connectivity index is 2.60. The van der Waals surface area contributed by atoms with Crippen LogP contribution in [0.4, 0.5) is 10.1 Å². The number of nitrogens with zero attached hydrogens (tertiary/aromatic N) is 1. The molecule has 18 heavy (non-hydrogen) atoms. The van der Waals surface area contributed by atoms with Crippen LogP contribution in [0.25, 0.3) is 0 Å². The molecule has 0 saturated heterocycles. The van der Waals surface area contributed by atoms with E-state index < -0.39 is 0 Å². The summed E-state index contributed by atoms with van der Waals surface area (Å²) in [7, 11) is 1.86. The minimum atomic E-state index is -0.311. The van der Waals surface area contributed by atoms with Crippen LogP contribution in [0.5, 0.6) is 0 Å². The first-order chi connectivity index (χ1) is 8.52. The van der Waals surface area contributed by atoms with E-state index in [0.717, 1.165) is 13.0 Å². The van der Waals surface area contributed by atoms with Crippen LogP contribution in [0, 0.1) is 5.82 Å². The highest BCUT2D eigenvalue weighted by atomic mass is 19.1. The van der Waals surface area contributed by atoms with Gasteiger partial charge in [0.05, 0.1) is 12.3 Å². The summed E-state index contributed by atoms with van der Waals surface area (Å²) < 4.78 is 13.6. The van der Waals surface area contributed by atoms with Crippen molar-refractivity contribution in [3.05, 3.63) is 30.1 Å². The molecule has 1 unspecified atom stereocenters. The minimum Gasteiger partial charge on any atom is -0.394 e. The van der Waals surface area contributed by atoms with Crippen molar-refractivity contribution in [1.82, 2.24) is 5.32 Å². The highest BCUT2D eigenvalue weighted by Gasteiger charge is 2.22. The van der Waals surface area contributed by atoms with Crippen LogP contribution in [-0.2, 0) is 0 Å². The molecule has 0 aliphatic carbocycles. The summed E-state index contributed by atoms with van der Waals surface area (Å²) >= 11 is 0. The number of aliphatic hydroxyl groups is 1. The van der Waals surface area contributed by atoms with E-state index in [2.05, 4.69) is 5.32 Å². The van der Waals surface area contributed by atoms with Crippen LogP contribution < -0.4 is 10.2 Å². The SMILES string of the molecule is CCNC(C)(CO)CCN(C)c1ccccc1F. The number of nitrogens with one attached hydrogen (secondary N) is 1. The van der Waals surface area contributed by atoms with Gasteiger partial charge >= 0.3 is 0 Å².